The van der Waals surface area contributed by atoms with E-state index in [1.165, 1.54) is 6.42 Å². The summed E-state index contributed by atoms with van der Waals surface area (Å²) in [6.07, 6.45) is 8.59. The number of amides is 1. The van der Waals surface area contributed by atoms with Gasteiger partial charge in [-0.05, 0) is 43.9 Å². The molecule has 33 heavy (non-hydrogen) atoms. The highest BCUT2D eigenvalue weighted by Crippen LogP contribution is 2.28. The molecule has 1 saturated carbocycles. The van der Waals surface area contributed by atoms with Crippen molar-refractivity contribution in [1.29, 1.82) is 0 Å². The number of benzene rings is 1. The molecule has 2 heterocycles. The van der Waals surface area contributed by atoms with E-state index in [0.717, 1.165) is 62.7 Å². The number of nitrogens with one attached hydrogen (secondary N) is 3. The Morgan fingerprint density at radius 3 is 2.55 bits per heavy atom. The second-order valence-corrected chi connectivity index (χ2v) is 8.82. The van der Waals surface area contributed by atoms with Crippen LogP contribution in [0.3, 0.4) is 0 Å². The van der Waals surface area contributed by atoms with Gasteiger partial charge in [-0.1, -0.05) is 37.8 Å². The molecule has 7 nitrogen and oxygen atoms in total. The number of aromatic nitrogens is 2. The average Bonchev–Trinajstić information content (AvgIpc) is 3.28. The Morgan fingerprint density at radius 2 is 1.85 bits per heavy atom. The summed E-state index contributed by atoms with van der Waals surface area (Å²) in [6, 6.07) is 5.99. The number of amidine groups is 1. The highest BCUT2D eigenvalue weighted by atomic mass is 35.5. The molecule has 4 rings (SSSR count). The van der Waals surface area contributed by atoms with Crippen LogP contribution in [0.5, 0.6) is 0 Å². The number of carbonyl (C=O) groups excluding carboxylic acids is 1. The maximum absolute atomic E-state index is 12.7. The predicted octanol–water partition coefficient (Wildman–Crippen LogP) is 5.16. The predicted molar refractivity (Wildman–Crippen MR) is 141 cm³/mol. The van der Waals surface area contributed by atoms with Gasteiger partial charge in [0, 0.05) is 42.0 Å². The third-order valence-corrected chi connectivity index (χ3v) is 6.23. The van der Waals surface area contributed by atoms with Gasteiger partial charge in [0.15, 0.2) is 0 Å². The van der Waals surface area contributed by atoms with Crippen LogP contribution in [-0.4, -0.2) is 46.9 Å². The minimum atomic E-state index is -0.244. The largest absolute Gasteiger partial charge is 0.369 e. The monoisotopic (exact) mass is 514 g/mol. The van der Waals surface area contributed by atoms with E-state index in [4.69, 9.17) is 11.6 Å². The van der Waals surface area contributed by atoms with Crippen LogP contribution < -0.4 is 16.0 Å². The molecule has 1 aliphatic heterocycles. The molecule has 1 amide bonds. The molecule has 1 aromatic heterocycles. The third kappa shape index (κ3) is 7.08. The fraction of sp³-hybridized carbons (Fsp3) is 0.565. The Labute approximate surface area is 212 Å². The fourth-order valence-electron chi connectivity index (χ4n) is 4.29. The maximum Gasteiger partial charge on any atom is 0.289 e. The fourth-order valence-corrected chi connectivity index (χ4v) is 4.47. The first-order valence-corrected chi connectivity index (χ1v) is 11.8. The molecular formula is C23H33Cl3N6O. The van der Waals surface area contributed by atoms with Crippen molar-refractivity contribution in [1.82, 2.24) is 20.6 Å². The van der Waals surface area contributed by atoms with Crippen LogP contribution in [0.1, 0.15) is 68.9 Å². The topological polar surface area (TPSA) is 91.3 Å². The van der Waals surface area contributed by atoms with Gasteiger partial charge in [0.1, 0.15) is 5.82 Å². The van der Waals surface area contributed by atoms with E-state index >= 15 is 0 Å². The molecule has 182 valence electrons. The molecule has 1 aromatic carbocycles. The number of aliphatic imine (C=N–C) groups is 1. The van der Waals surface area contributed by atoms with E-state index in [1.54, 1.807) is 6.07 Å². The molecule has 0 spiro atoms. The Balaban J connectivity index is 0.00000193. The Morgan fingerprint density at radius 1 is 1.09 bits per heavy atom. The SMILES string of the molecule is CCCCNC(=O)c1nc(N[C@H]2CCCC[C@H]2NC2=NCCC2)c2cc(Cl)ccc2n1.Cl.Cl. The second kappa shape index (κ2) is 13.2. The minimum Gasteiger partial charge on any atom is -0.369 e. The summed E-state index contributed by atoms with van der Waals surface area (Å²) in [4.78, 5) is 26.4. The normalized spacial score (nSPS) is 19.8. The van der Waals surface area contributed by atoms with Gasteiger partial charge in [-0.25, -0.2) is 9.97 Å². The van der Waals surface area contributed by atoms with Gasteiger partial charge in [-0.3, -0.25) is 9.79 Å². The Kier molecular flexibility index (Phi) is 10.9. The summed E-state index contributed by atoms with van der Waals surface area (Å²) < 4.78 is 0. The van der Waals surface area contributed by atoms with Crippen molar-refractivity contribution >= 4 is 64.9 Å². The molecule has 10 heteroatoms. The van der Waals surface area contributed by atoms with Crippen LogP contribution >= 0.6 is 36.4 Å². The summed E-state index contributed by atoms with van der Waals surface area (Å²) in [7, 11) is 0. The van der Waals surface area contributed by atoms with Gasteiger partial charge in [0.05, 0.1) is 11.4 Å². The van der Waals surface area contributed by atoms with Crippen molar-refractivity contribution < 1.29 is 4.79 Å². The van der Waals surface area contributed by atoms with Crippen LogP contribution in [0, 0.1) is 0 Å². The second-order valence-electron chi connectivity index (χ2n) is 8.38. The summed E-state index contributed by atoms with van der Waals surface area (Å²) in [5.41, 5.74) is 0.711. The molecule has 0 radical (unpaired) electrons. The van der Waals surface area contributed by atoms with Crippen LogP contribution in [0.25, 0.3) is 10.9 Å². The number of hydrogen-bond donors (Lipinski definition) is 3. The van der Waals surface area contributed by atoms with Crippen molar-refractivity contribution in [3.8, 4) is 0 Å². The molecule has 2 aliphatic rings. The summed E-state index contributed by atoms with van der Waals surface area (Å²) in [6.45, 7) is 3.63. The summed E-state index contributed by atoms with van der Waals surface area (Å²) in [5.74, 6) is 1.73. The van der Waals surface area contributed by atoms with Gasteiger partial charge in [0.2, 0.25) is 5.82 Å². The lowest BCUT2D eigenvalue weighted by Gasteiger charge is -2.34. The molecule has 0 saturated heterocycles. The van der Waals surface area contributed by atoms with Crippen molar-refractivity contribution in [2.75, 3.05) is 18.4 Å². The molecule has 1 aliphatic carbocycles. The Bertz CT molecular complexity index is 971. The van der Waals surface area contributed by atoms with Gasteiger partial charge >= 0.3 is 0 Å². The van der Waals surface area contributed by atoms with Gasteiger partial charge in [-0.15, -0.1) is 24.8 Å². The lowest BCUT2D eigenvalue weighted by Crippen LogP contribution is -2.48. The highest BCUT2D eigenvalue weighted by molar-refractivity contribution is 6.31. The van der Waals surface area contributed by atoms with Gasteiger partial charge in [0.25, 0.3) is 5.91 Å². The smallest absolute Gasteiger partial charge is 0.289 e. The zero-order valence-electron chi connectivity index (χ0n) is 18.9. The first-order valence-electron chi connectivity index (χ1n) is 11.5. The molecule has 2 atom stereocenters. The Hall–Kier alpha value is -1.83. The van der Waals surface area contributed by atoms with Crippen LogP contribution in [-0.2, 0) is 0 Å². The number of hydrogen-bond acceptors (Lipinski definition) is 6. The van der Waals surface area contributed by atoms with E-state index in [9.17, 15) is 4.79 Å². The molecule has 3 N–H and O–H groups in total. The van der Waals surface area contributed by atoms with Crippen molar-refractivity contribution in [3.63, 3.8) is 0 Å². The number of nitrogens with zero attached hydrogens (tertiary/aromatic N) is 3. The quantitative estimate of drug-likeness (QED) is 0.443. The van der Waals surface area contributed by atoms with Crippen molar-refractivity contribution in [2.45, 2.75) is 70.4 Å². The van der Waals surface area contributed by atoms with Crippen molar-refractivity contribution in [3.05, 3.63) is 29.0 Å². The first kappa shape index (κ1) is 27.4. The molecule has 2 aromatic rings. The van der Waals surface area contributed by atoms with Gasteiger partial charge < -0.3 is 16.0 Å². The van der Waals surface area contributed by atoms with E-state index in [2.05, 4.69) is 37.8 Å². The molecule has 0 bridgehead atoms. The van der Waals surface area contributed by atoms with E-state index in [1.807, 2.05) is 12.1 Å². The lowest BCUT2D eigenvalue weighted by molar-refractivity contribution is 0.0943. The van der Waals surface area contributed by atoms with Crippen LogP contribution in [0.4, 0.5) is 5.82 Å². The van der Waals surface area contributed by atoms with Crippen LogP contribution in [0.2, 0.25) is 5.02 Å². The lowest BCUT2D eigenvalue weighted by atomic mass is 9.90. The van der Waals surface area contributed by atoms with E-state index in [0.29, 0.717) is 22.9 Å². The average molecular weight is 516 g/mol. The summed E-state index contributed by atoms with van der Waals surface area (Å²) >= 11 is 6.27. The number of halogens is 3. The van der Waals surface area contributed by atoms with E-state index in [-0.39, 0.29) is 48.6 Å². The standard InChI is InChI=1S/C23H31ClN6O.2ClH/c1-2-3-12-26-23(31)22-28-17-11-10-15(24)14-16(17)21(30-22)29-19-8-5-4-7-18(19)27-20-9-6-13-25-20;;/h10-11,14,18-19H,2-9,12-13H2,1H3,(H,25,27)(H,26,31)(H,28,29,30);2*1H/t18-,19+;;/m1../s1. The number of fused-ring (bicyclic) bond motifs is 1. The maximum atomic E-state index is 12.7. The zero-order valence-corrected chi connectivity index (χ0v) is 21.3. The number of unbranched alkanes of at least 4 members (excludes halogenated alkanes) is 1. The highest BCUT2D eigenvalue weighted by Gasteiger charge is 2.28. The van der Waals surface area contributed by atoms with Gasteiger partial charge in [-0.2, -0.15) is 0 Å². The number of rotatable bonds is 7. The molecule has 1 fully saturated rings. The molecule has 0 unspecified atom stereocenters. The van der Waals surface area contributed by atoms with E-state index < -0.39 is 0 Å². The zero-order chi connectivity index (χ0) is 21.6. The summed E-state index contributed by atoms with van der Waals surface area (Å²) in [5, 5.41) is 11.7. The number of carbonyl (C=O) groups is 1. The number of anilines is 1. The third-order valence-electron chi connectivity index (χ3n) is 5.99. The van der Waals surface area contributed by atoms with Crippen LogP contribution in [0.15, 0.2) is 23.2 Å². The first-order chi connectivity index (χ1) is 15.1. The van der Waals surface area contributed by atoms with Crippen molar-refractivity contribution in [2.24, 2.45) is 4.99 Å². The molecular weight excluding hydrogens is 483 g/mol. The minimum absolute atomic E-state index is 0.